The van der Waals surface area contributed by atoms with Crippen molar-refractivity contribution >= 4 is 5.82 Å². The van der Waals surface area contributed by atoms with Gasteiger partial charge in [0.2, 0.25) is 5.88 Å². The van der Waals surface area contributed by atoms with Crippen LogP contribution in [0.25, 0.3) is 0 Å². The van der Waals surface area contributed by atoms with Crippen molar-refractivity contribution in [2.24, 2.45) is 0 Å². The molecule has 0 unspecified atom stereocenters. The SMILES string of the molecule is CCOc1cc(N[C@H]2CCO[C@@H]2c2nccn2CC)ncn1. The maximum Gasteiger partial charge on any atom is 0.218 e. The number of aryl methyl sites for hydroxylation is 1. The molecular formula is C15H21N5O2. The molecule has 7 nitrogen and oxygen atoms in total. The Hall–Kier alpha value is -2.15. The summed E-state index contributed by atoms with van der Waals surface area (Å²) in [6.45, 7) is 6.20. The van der Waals surface area contributed by atoms with E-state index in [4.69, 9.17) is 9.47 Å². The van der Waals surface area contributed by atoms with Crippen LogP contribution in [0, 0.1) is 0 Å². The molecule has 0 amide bonds. The van der Waals surface area contributed by atoms with Crippen molar-refractivity contribution in [3.05, 3.63) is 30.6 Å². The Bertz CT molecular complexity index is 615. The minimum absolute atomic E-state index is 0.0690. The highest BCUT2D eigenvalue weighted by Crippen LogP contribution is 2.30. The molecule has 0 aromatic carbocycles. The van der Waals surface area contributed by atoms with E-state index in [9.17, 15) is 0 Å². The zero-order valence-electron chi connectivity index (χ0n) is 12.9. The Morgan fingerprint density at radius 1 is 1.36 bits per heavy atom. The van der Waals surface area contributed by atoms with Gasteiger partial charge in [0.05, 0.1) is 12.6 Å². The van der Waals surface area contributed by atoms with Crippen molar-refractivity contribution in [2.75, 3.05) is 18.5 Å². The van der Waals surface area contributed by atoms with Crippen LogP contribution in [-0.4, -0.2) is 38.8 Å². The maximum absolute atomic E-state index is 5.88. The largest absolute Gasteiger partial charge is 0.478 e. The number of aromatic nitrogens is 4. The lowest BCUT2D eigenvalue weighted by Crippen LogP contribution is -2.26. The molecular weight excluding hydrogens is 282 g/mol. The van der Waals surface area contributed by atoms with E-state index in [1.54, 1.807) is 0 Å². The molecule has 0 bridgehead atoms. The zero-order chi connectivity index (χ0) is 15.4. The van der Waals surface area contributed by atoms with Crippen molar-refractivity contribution in [2.45, 2.75) is 39.0 Å². The second-order valence-electron chi connectivity index (χ2n) is 5.08. The van der Waals surface area contributed by atoms with Crippen LogP contribution < -0.4 is 10.1 Å². The van der Waals surface area contributed by atoms with Crippen LogP contribution in [0.3, 0.4) is 0 Å². The van der Waals surface area contributed by atoms with Gasteiger partial charge in [-0.1, -0.05) is 0 Å². The van der Waals surface area contributed by atoms with Crippen molar-refractivity contribution in [1.82, 2.24) is 19.5 Å². The smallest absolute Gasteiger partial charge is 0.218 e. The number of ether oxygens (including phenoxy) is 2. The Labute approximate surface area is 129 Å². The molecule has 1 aliphatic rings. The van der Waals surface area contributed by atoms with Crippen molar-refractivity contribution in [1.29, 1.82) is 0 Å². The van der Waals surface area contributed by atoms with Crippen LogP contribution in [0.4, 0.5) is 5.82 Å². The molecule has 7 heteroatoms. The molecule has 118 valence electrons. The van der Waals surface area contributed by atoms with E-state index in [-0.39, 0.29) is 12.1 Å². The highest BCUT2D eigenvalue weighted by atomic mass is 16.5. The monoisotopic (exact) mass is 303 g/mol. The molecule has 0 spiro atoms. The standard InChI is InChI=1S/C15H21N5O2/c1-3-20-7-6-16-15(20)14-11(5-8-22-14)19-12-9-13(21-4-2)18-10-17-12/h6-7,9-11,14H,3-5,8H2,1-2H3,(H,17,18,19)/t11-,14-/m0/s1. The van der Waals surface area contributed by atoms with Crippen molar-refractivity contribution in [3.8, 4) is 5.88 Å². The molecule has 1 fully saturated rings. The molecule has 0 aliphatic carbocycles. The lowest BCUT2D eigenvalue weighted by molar-refractivity contribution is 0.0976. The summed E-state index contributed by atoms with van der Waals surface area (Å²) < 4.78 is 13.4. The molecule has 3 rings (SSSR count). The van der Waals surface area contributed by atoms with E-state index < -0.39 is 0 Å². The van der Waals surface area contributed by atoms with Crippen LogP contribution in [-0.2, 0) is 11.3 Å². The van der Waals surface area contributed by atoms with Crippen LogP contribution in [0.2, 0.25) is 0 Å². The number of rotatable bonds is 6. The van der Waals surface area contributed by atoms with E-state index in [1.807, 2.05) is 25.4 Å². The molecule has 0 saturated carbocycles. The Morgan fingerprint density at radius 2 is 2.27 bits per heavy atom. The van der Waals surface area contributed by atoms with Crippen molar-refractivity contribution in [3.63, 3.8) is 0 Å². The molecule has 2 aromatic rings. The number of nitrogens with one attached hydrogen (secondary N) is 1. The average Bonchev–Trinajstić information content (AvgIpc) is 3.16. The van der Waals surface area contributed by atoms with Gasteiger partial charge in [-0.25, -0.2) is 15.0 Å². The second kappa shape index (κ2) is 6.74. The predicted molar refractivity (Wildman–Crippen MR) is 81.8 cm³/mol. The number of nitrogens with zero attached hydrogens (tertiary/aromatic N) is 4. The molecule has 3 heterocycles. The van der Waals surface area contributed by atoms with Crippen LogP contribution >= 0.6 is 0 Å². The zero-order valence-corrected chi connectivity index (χ0v) is 12.9. The highest BCUT2D eigenvalue weighted by Gasteiger charge is 2.33. The summed E-state index contributed by atoms with van der Waals surface area (Å²) in [7, 11) is 0. The number of anilines is 1. The summed E-state index contributed by atoms with van der Waals surface area (Å²) in [6, 6.07) is 1.95. The molecule has 2 atom stereocenters. The van der Waals surface area contributed by atoms with Gasteiger partial charge in [0.25, 0.3) is 0 Å². The third-order valence-electron chi connectivity index (χ3n) is 3.70. The lowest BCUT2D eigenvalue weighted by Gasteiger charge is -2.20. The minimum Gasteiger partial charge on any atom is -0.478 e. The minimum atomic E-state index is -0.0690. The lowest BCUT2D eigenvalue weighted by atomic mass is 10.1. The fourth-order valence-electron chi connectivity index (χ4n) is 2.67. The first-order valence-corrected chi connectivity index (χ1v) is 7.65. The molecule has 1 saturated heterocycles. The number of imidazole rings is 1. The van der Waals surface area contributed by atoms with Crippen molar-refractivity contribution < 1.29 is 9.47 Å². The Balaban J connectivity index is 1.75. The van der Waals surface area contributed by atoms with Gasteiger partial charge in [-0.15, -0.1) is 0 Å². The summed E-state index contributed by atoms with van der Waals surface area (Å²) >= 11 is 0. The van der Waals surface area contributed by atoms with Crippen LogP contribution in [0.5, 0.6) is 5.88 Å². The number of hydrogen-bond acceptors (Lipinski definition) is 6. The quantitative estimate of drug-likeness (QED) is 0.880. The van der Waals surface area contributed by atoms with Crippen LogP contribution in [0.1, 0.15) is 32.2 Å². The molecule has 2 aromatic heterocycles. The van der Waals surface area contributed by atoms with Gasteiger partial charge in [-0.2, -0.15) is 0 Å². The van der Waals surface area contributed by atoms with Gasteiger partial charge in [0, 0.05) is 31.6 Å². The summed E-state index contributed by atoms with van der Waals surface area (Å²) in [5.74, 6) is 2.27. The van der Waals surface area contributed by atoms with Gasteiger partial charge in [0.1, 0.15) is 24.1 Å². The Morgan fingerprint density at radius 3 is 3.09 bits per heavy atom. The van der Waals surface area contributed by atoms with E-state index in [0.29, 0.717) is 19.1 Å². The predicted octanol–water partition coefficient (Wildman–Crippen LogP) is 2.03. The molecule has 0 radical (unpaired) electrons. The topological polar surface area (TPSA) is 74.1 Å². The van der Waals surface area contributed by atoms with Gasteiger partial charge in [-0.05, 0) is 20.3 Å². The normalized spacial score (nSPS) is 21.0. The molecule has 1 N–H and O–H groups in total. The molecule has 1 aliphatic heterocycles. The molecule has 22 heavy (non-hydrogen) atoms. The first kappa shape index (κ1) is 14.8. The summed E-state index contributed by atoms with van der Waals surface area (Å²) in [5.41, 5.74) is 0. The van der Waals surface area contributed by atoms with E-state index in [2.05, 4.69) is 31.8 Å². The Kier molecular flexibility index (Phi) is 4.53. The summed E-state index contributed by atoms with van der Waals surface area (Å²) in [4.78, 5) is 12.8. The first-order chi connectivity index (χ1) is 10.8. The summed E-state index contributed by atoms with van der Waals surface area (Å²) in [5, 5.41) is 3.42. The van der Waals surface area contributed by atoms with E-state index in [1.165, 1.54) is 6.33 Å². The van der Waals surface area contributed by atoms with E-state index >= 15 is 0 Å². The fraction of sp³-hybridized carbons (Fsp3) is 0.533. The number of hydrogen-bond donors (Lipinski definition) is 1. The average molecular weight is 303 g/mol. The maximum atomic E-state index is 5.88. The van der Waals surface area contributed by atoms with Gasteiger partial charge < -0.3 is 19.4 Å². The van der Waals surface area contributed by atoms with Crippen LogP contribution in [0.15, 0.2) is 24.8 Å². The van der Waals surface area contributed by atoms with Gasteiger partial charge in [-0.3, -0.25) is 0 Å². The summed E-state index contributed by atoms with van der Waals surface area (Å²) in [6.07, 6.45) is 6.14. The highest BCUT2D eigenvalue weighted by molar-refractivity contribution is 5.39. The van der Waals surface area contributed by atoms with E-state index in [0.717, 1.165) is 24.6 Å². The van der Waals surface area contributed by atoms with Gasteiger partial charge >= 0.3 is 0 Å². The third-order valence-corrected chi connectivity index (χ3v) is 3.70. The second-order valence-corrected chi connectivity index (χ2v) is 5.08. The first-order valence-electron chi connectivity index (χ1n) is 7.65. The van der Waals surface area contributed by atoms with Gasteiger partial charge in [0.15, 0.2) is 0 Å². The fourth-order valence-corrected chi connectivity index (χ4v) is 2.67. The third kappa shape index (κ3) is 3.04.